The van der Waals surface area contributed by atoms with Crippen LogP contribution in [0.2, 0.25) is 0 Å². The number of sulfonamides is 1. The first-order valence-electron chi connectivity index (χ1n) is 8.57. The Kier molecular flexibility index (Phi) is 4.71. The van der Waals surface area contributed by atoms with E-state index in [1.54, 1.807) is 42.4 Å². The normalized spacial score (nSPS) is 17.2. The van der Waals surface area contributed by atoms with E-state index in [2.05, 4.69) is 4.72 Å². The second kappa shape index (κ2) is 6.55. The van der Waals surface area contributed by atoms with E-state index < -0.39 is 10.0 Å². The second-order valence-electron chi connectivity index (χ2n) is 7.47. The first-order chi connectivity index (χ1) is 12.1. The molecule has 1 unspecified atom stereocenters. The first kappa shape index (κ1) is 18.7. The maximum Gasteiger partial charge on any atom is 0.240 e. The molecular formula is C19H24N2O4S. The number of anilines is 1. The number of furan rings is 1. The Hall–Kier alpha value is -2.12. The highest BCUT2D eigenvalue weighted by molar-refractivity contribution is 7.89. The van der Waals surface area contributed by atoms with Gasteiger partial charge in [-0.15, -0.1) is 0 Å². The quantitative estimate of drug-likeness (QED) is 0.870. The molecule has 0 bridgehead atoms. The molecule has 0 aliphatic carbocycles. The van der Waals surface area contributed by atoms with Crippen molar-refractivity contribution in [1.82, 2.24) is 4.72 Å². The fraction of sp³-hybridized carbons (Fsp3) is 0.421. The van der Waals surface area contributed by atoms with E-state index in [4.69, 9.17) is 4.42 Å². The van der Waals surface area contributed by atoms with Gasteiger partial charge < -0.3 is 9.32 Å². The predicted octanol–water partition coefficient (Wildman–Crippen LogP) is 2.83. The fourth-order valence-corrected chi connectivity index (χ4v) is 4.68. The number of hydrogen-bond donors (Lipinski definition) is 1. The van der Waals surface area contributed by atoms with E-state index in [-0.39, 0.29) is 22.3 Å². The van der Waals surface area contributed by atoms with Crippen LogP contribution in [0, 0.1) is 0 Å². The maximum atomic E-state index is 12.8. The van der Waals surface area contributed by atoms with Gasteiger partial charge in [-0.2, -0.15) is 0 Å². The highest BCUT2D eigenvalue weighted by Gasteiger charge is 2.37. The number of amides is 1. The molecule has 1 N–H and O–H groups in total. The molecule has 0 saturated heterocycles. The third-order valence-electron chi connectivity index (χ3n) is 4.68. The molecule has 0 radical (unpaired) electrons. The largest absolute Gasteiger partial charge is 0.469 e. The number of hydrogen-bond acceptors (Lipinski definition) is 4. The molecule has 1 aromatic heterocycles. The van der Waals surface area contributed by atoms with E-state index in [1.165, 1.54) is 6.92 Å². The van der Waals surface area contributed by atoms with Gasteiger partial charge in [-0.25, -0.2) is 13.1 Å². The van der Waals surface area contributed by atoms with Crippen LogP contribution in [-0.2, 0) is 26.7 Å². The third kappa shape index (κ3) is 3.54. The number of fused-ring (bicyclic) bond motifs is 1. The molecule has 0 saturated carbocycles. The van der Waals surface area contributed by atoms with E-state index in [0.29, 0.717) is 13.0 Å². The van der Waals surface area contributed by atoms with Crippen LogP contribution in [-0.4, -0.2) is 26.9 Å². The molecule has 1 amide bonds. The highest BCUT2D eigenvalue weighted by atomic mass is 32.2. The van der Waals surface area contributed by atoms with Gasteiger partial charge in [-0.1, -0.05) is 13.8 Å². The summed E-state index contributed by atoms with van der Waals surface area (Å²) in [6, 6.07) is 8.25. The second-order valence-corrected chi connectivity index (χ2v) is 9.19. The molecule has 26 heavy (non-hydrogen) atoms. The van der Waals surface area contributed by atoms with E-state index >= 15 is 0 Å². The number of nitrogens with one attached hydrogen (secondary N) is 1. The summed E-state index contributed by atoms with van der Waals surface area (Å²) >= 11 is 0. The van der Waals surface area contributed by atoms with Crippen molar-refractivity contribution in [3.63, 3.8) is 0 Å². The monoisotopic (exact) mass is 376 g/mol. The number of carbonyl (C=O) groups excluding carboxylic acids is 1. The van der Waals surface area contributed by atoms with E-state index in [0.717, 1.165) is 17.0 Å². The molecule has 1 aliphatic heterocycles. The smallest absolute Gasteiger partial charge is 0.240 e. The highest BCUT2D eigenvalue weighted by Crippen LogP contribution is 2.41. The third-order valence-corrected chi connectivity index (χ3v) is 6.26. The number of carbonyl (C=O) groups is 1. The van der Waals surface area contributed by atoms with Crippen molar-refractivity contribution in [2.75, 3.05) is 11.4 Å². The van der Waals surface area contributed by atoms with Gasteiger partial charge in [0.2, 0.25) is 15.9 Å². The lowest BCUT2D eigenvalue weighted by Gasteiger charge is -2.19. The molecule has 2 heterocycles. The van der Waals surface area contributed by atoms with Crippen molar-refractivity contribution in [2.24, 2.45) is 0 Å². The lowest BCUT2D eigenvalue weighted by molar-refractivity contribution is -0.116. The maximum absolute atomic E-state index is 12.8. The van der Waals surface area contributed by atoms with Gasteiger partial charge in [0.1, 0.15) is 5.76 Å². The minimum absolute atomic E-state index is 0.0439. The summed E-state index contributed by atoms with van der Waals surface area (Å²) in [6.45, 7) is 7.89. The van der Waals surface area contributed by atoms with Crippen LogP contribution < -0.4 is 9.62 Å². The number of nitrogens with zero attached hydrogens (tertiary/aromatic N) is 1. The van der Waals surface area contributed by atoms with Crippen LogP contribution in [0.1, 0.15) is 39.0 Å². The van der Waals surface area contributed by atoms with Gasteiger partial charge in [-0.05, 0) is 42.8 Å². The van der Waals surface area contributed by atoms with Crippen LogP contribution in [0.5, 0.6) is 0 Å². The number of benzene rings is 1. The minimum Gasteiger partial charge on any atom is -0.469 e. The lowest BCUT2D eigenvalue weighted by Crippen LogP contribution is -2.34. The van der Waals surface area contributed by atoms with Gasteiger partial charge in [0.25, 0.3) is 0 Å². The summed E-state index contributed by atoms with van der Waals surface area (Å²) in [5.74, 6) is 0.685. The van der Waals surface area contributed by atoms with Gasteiger partial charge >= 0.3 is 0 Å². The molecule has 6 nitrogen and oxygen atoms in total. The Bertz CT molecular complexity index is 917. The Balaban J connectivity index is 1.86. The Labute approximate surface area is 154 Å². The molecule has 3 rings (SSSR count). The van der Waals surface area contributed by atoms with Gasteiger partial charge in [-0.3, -0.25) is 4.79 Å². The van der Waals surface area contributed by atoms with Crippen LogP contribution >= 0.6 is 0 Å². The van der Waals surface area contributed by atoms with Gasteiger partial charge in [0.05, 0.1) is 11.2 Å². The summed E-state index contributed by atoms with van der Waals surface area (Å²) in [6.07, 6.45) is 2.04. The minimum atomic E-state index is -3.67. The van der Waals surface area contributed by atoms with Crippen molar-refractivity contribution in [3.8, 4) is 0 Å². The average Bonchev–Trinajstić information content (AvgIpc) is 3.12. The Morgan fingerprint density at radius 3 is 2.69 bits per heavy atom. The Morgan fingerprint density at radius 1 is 1.35 bits per heavy atom. The predicted molar refractivity (Wildman–Crippen MR) is 99.7 cm³/mol. The van der Waals surface area contributed by atoms with E-state index in [1.807, 2.05) is 19.9 Å². The molecule has 1 aliphatic rings. The van der Waals surface area contributed by atoms with Crippen molar-refractivity contribution >= 4 is 21.6 Å². The van der Waals surface area contributed by atoms with Crippen LogP contribution in [0.15, 0.2) is 45.9 Å². The van der Waals surface area contributed by atoms with E-state index in [9.17, 15) is 13.2 Å². The molecule has 140 valence electrons. The van der Waals surface area contributed by atoms with Crippen LogP contribution in [0.4, 0.5) is 5.69 Å². The SMILES string of the molecule is CC(=O)N1CC(C)(C)c2cc(S(=O)(=O)NC(C)Cc3ccco3)ccc21. The summed E-state index contributed by atoms with van der Waals surface area (Å²) < 4.78 is 33.5. The lowest BCUT2D eigenvalue weighted by atomic mass is 9.87. The summed E-state index contributed by atoms with van der Waals surface area (Å²) in [4.78, 5) is 13.8. The summed E-state index contributed by atoms with van der Waals surface area (Å²) in [7, 11) is -3.67. The zero-order chi connectivity index (χ0) is 19.1. The number of rotatable bonds is 5. The van der Waals surface area contributed by atoms with Crippen molar-refractivity contribution in [1.29, 1.82) is 0 Å². The van der Waals surface area contributed by atoms with Gasteiger partial charge in [0, 0.05) is 37.0 Å². The molecule has 0 fully saturated rings. The fourth-order valence-electron chi connectivity index (χ4n) is 3.41. The van der Waals surface area contributed by atoms with Crippen molar-refractivity contribution < 1.29 is 17.6 Å². The molecule has 1 aromatic carbocycles. The zero-order valence-electron chi connectivity index (χ0n) is 15.4. The molecule has 7 heteroatoms. The van der Waals surface area contributed by atoms with Crippen LogP contribution in [0.3, 0.4) is 0 Å². The summed E-state index contributed by atoms with van der Waals surface area (Å²) in [5, 5.41) is 0. The molecular weight excluding hydrogens is 352 g/mol. The van der Waals surface area contributed by atoms with Crippen LogP contribution in [0.25, 0.3) is 0 Å². The standard InChI is InChI=1S/C19H24N2O4S/c1-13(10-15-6-5-9-25-15)20-26(23,24)16-7-8-18-17(11-16)19(3,4)12-21(18)14(2)22/h5-9,11,13,20H,10,12H2,1-4H3. The summed E-state index contributed by atoms with van der Waals surface area (Å²) in [5.41, 5.74) is 1.35. The Morgan fingerprint density at radius 2 is 2.08 bits per heavy atom. The van der Waals surface area contributed by atoms with Gasteiger partial charge in [0.15, 0.2) is 0 Å². The topological polar surface area (TPSA) is 79.6 Å². The zero-order valence-corrected chi connectivity index (χ0v) is 16.3. The first-order valence-corrected chi connectivity index (χ1v) is 10.1. The molecule has 2 aromatic rings. The average molecular weight is 376 g/mol. The molecule has 0 spiro atoms. The van der Waals surface area contributed by atoms with Crippen molar-refractivity contribution in [3.05, 3.63) is 47.9 Å². The van der Waals surface area contributed by atoms with Crippen molar-refractivity contribution in [2.45, 2.75) is 50.5 Å². The molecule has 1 atom stereocenters.